The zero-order valence-electron chi connectivity index (χ0n) is 30.9. The van der Waals surface area contributed by atoms with Gasteiger partial charge in [0.2, 0.25) is 0 Å². The molecule has 0 aromatic rings. The molecule has 0 bridgehead atoms. The van der Waals surface area contributed by atoms with E-state index >= 15 is 0 Å². The Kier molecular flexibility index (Phi) is 11.3. The SMILES string of the molecule is C=C(CCC1=C(C)[C@H]2[C@H](C[C@H]3C4CC=C5C[C@H](O[C@@H]6O[C@H](CO)[C@@H](O)[C@H](O)[C@H]6O)C[C@@H](O)[C@]5(C)C4CC[C@@]32C)O1)CO[C@@H]1O[C@H](CO)[C@@H](O)[C@H](O)[C@H]1O. The lowest BCUT2D eigenvalue weighted by atomic mass is 9.46. The van der Waals surface area contributed by atoms with Crippen LogP contribution in [-0.4, -0.2) is 146 Å². The Morgan fingerprint density at radius 1 is 0.868 bits per heavy atom. The number of hydrogen-bond donors (Lipinski definition) is 9. The predicted molar refractivity (Wildman–Crippen MR) is 186 cm³/mol. The molecule has 4 aliphatic carbocycles. The van der Waals surface area contributed by atoms with Gasteiger partial charge in [-0.1, -0.05) is 37.6 Å². The van der Waals surface area contributed by atoms with Crippen molar-refractivity contribution in [2.45, 2.75) is 152 Å². The molecule has 0 spiro atoms. The van der Waals surface area contributed by atoms with Crippen molar-refractivity contribution in [3.05, 3.63) is 35.1 Å². The van der Waals surface area contributed by atoms with E-state index in [0.29, 0.717) is 49.4 Å². The maximum absolute atomic E-state index is 11.8. The first-order chi connectivity index (χ1) is 25.1. The molecule has 0 radical (unpaired) electrons. The van der Waals surface area contributed by atoms with Crippen LogP contribution >= 0.6 is 0 Å². The smallest absolute Gasteiger partial charge is 0.187 e. The van der Waals surface area contributed by atoms with Crippen molar-refractivity contribution >= 4 is 0 Å². The second-order valence-corrected chi connectivity index (χ2v) is 17.3. The number of aliphatic hydroxyl groups excluding tert-OH is 9. The Morgan fingerprint density at radius 3 is 2.17 bits per heavy atom. The second kappa shape index (κ2) is 15.1. The summed E-state index contributed by atoms with van der Waals surface area (Å²) in [5.41, 5.74) is 2.82. The molecule has 14 nitrogen and oxygen atoms in total. The molecule has 300 valence electrons. The van der Waals surface area contributed by atoms with Crippen LogP contribution in [0, 0.1) is 34.5 Å². The van der Waals surface area contributed by atoms with Crippen molar-refractivity contribution in [2.75, 3.05) is 19.8 Å². The van der Waals surface area contributed by atoms with E-state index in [9.17, 15) is 46.0 Å². The van der Waals surface area contributed by atoms with E-state index in [1.807, 2.05) is 0 Å². The lowest BCUT2D eigenvalue weighted by molar-refractivity contribution is -0.315. The van der Waals surface area contributed by atoms with E-state index in [2.05, 4.69) is 33.4 Å². The topological polar surface area (TPSA) is 228 Å². The maximum Gasteiger partial charge on any atom is 0.187 e. The minimum absolute atomic E-state index is 0.0525. The third-order valence-corrected chi connectivity index (χ3v) is 14.5. The lowest BCUT2D eigenvalue weighted by Gasteiger charge is -2.59. The van der Waals surface area contributed by atoms with E-state index in [4.69, 9.17) is 23.7 Å². The van der Waals surface area contributed by atoms with Crippen molar-refractivity contribution < 1.29 is 69.6 Å². The number of fused-ring (bicyclic) bond motifs is 7. The van der Waals surface area contributed by atoms with Crippen LogP contribution in [0.5, 0.6) is 0 Å². The van der Waals surface area contributed by atoms with Gasteiger partial charge in [0.25, 0.3) is 0 Å². The van der Waals surface area contributed by atoms with Crippen molar-refractivity contribution in [3.63, 3.8) is 0 Å². The number of allylic oxidation sites excluding steroid dienone is 2. The average Bonchev–Trinajstić information content (AvgIpc) is 3.62. The Balaban J connectivity index is 0.970. The average molecular weight is 753 g/mol. The molecule has 14 heteroatoms. The summed E-state index contributed by atoms with van der Waals surface area (Å²) >= 11 is 0. The normalized spacial score (nSPS) is 50.8. The molecule has 2 unspecified atom stereocenters. The van der Waals surface area contributed by atoms with Gasteiger partial charge >= 0.3 is 0 Å². The van der Waals surface area contributed by atoms with Gasteiger partial charge in [-0.15, -0.1) is 0 Å². The van der Waals surface area contributed by atoms with Gasteiger partial charge in [0.05, 0.1) is 37.8 Å². The van der Waals surface area contributed by atoms with Gasteiger partial charge in [-0.2, -0.15) is 0 Å². The largest absolute Gasteiger partial charge is 0.494 e. The van der Waals surface area contributed by atoms with Crippen LogP contribution in [-0.2, 0) is 23.7 Å². The maximum atomic E-state index is 11.8. The third kappa shape index (κ3) is 6.67. The molecule has 9 N–H and O–H groups in total. The summed E-state index contributed by atoms with van der Waals surface area (Å²) in [4.78, 5) is 0. The van der Waals surface area contributed by atoms with Crippen molar-refractivity contribution in [3.8, 4) is 0 Å². The molecule has 0 aromatic heterocycles. The summed E-state index contributed by atoms with van der Waals surface area (Å²) < 4.78 is 29.6. The van der Waals surface area contributed by atoms with Crippen LogP contribution in [0.25, 0.3) is 0 Å². The van der Waals surface area contributed by atoms with Gasteiger partial charge in [0.1, 0.15) is 54.9 Å². The Morgan fingerprint density at radius 2 is 1.51 bits per heavy atom. The van der Waals surface area contributed by atoms with E-state index in [-0.39, 0.29) is 18.1 Å². The molecular weight excluding hydrogens is 692 g/mol. The van der Waals surface area contributed by atoms with Gasteiger partial charge in [0, 0.05) is 24.2 Å². The molecule has 0 amide bonds. The van der Waals surface area contributed by atoms with Gasteiger partial charge in [-0.05, 0) is 74.2 Å². The van der Waals surface area contributed by atoms with Gasteiger partial charge < -0.3 is 69.6 Å². The first-order valence-corrected chi connectivity index (χ1v) is 19.4. The summed E-state index contributed by atoms with van der Waals surface area (Å²) in [6.07, 6.45) is -6.15. The Hall–Kier alpha value is -1.50. The monoisotopic (exact) mass is 752 g/mol. The van der Waals surface area contributed by atoms with Crippen molar-refractivity contribution in [2.24, 2.45) is 34.5 Å². The van der Waals surface area contributed by atoms with Gasteiger partial charge in [0.15, 0.2) is 12.6 Å². The second-order valence-electron chi connectivity index (χ2n) is 17.3. The zero-order chi connectivity index (χ0) is 38.1. The molecule has 3 aliphatic heterocycles. The fourth-order valence-electron chi connectivity index (χ4n) is 11.5. The molecule has 7 rings (SSSR count). The molecule has 3 saturated carbocycles. The van der Waals surface area contributed by atoms with Crippen LogP contribution in [0.4, 0.5) is 0 Å². The van der Waals surface area contributed by atoms with Gasteiger partial charge in [-0.25, -0.2) is 0 Å². The van der Waals surface area contributed by atoms with E-state index in [0.717, 1.165) is 42.6 Å². The van der Waals surface area contributed by atoms with Crippen LogP contribution < -0.4 is 0 Å². The fraction of sp³-hybridized carbons (Fsp3) is 0.846. The predicted octanol–water partition coefficient (Wildman–Crippen LogP) is 0.157. The van der Waals surface area contributed by atoms with Crippen LogP contribution in [0.2, 0.25) is 0 Å². The molecule has 2 saturated heterocycles. The van der Waals surface area contributed by atoms with Gasteiger partial charge in [-0.3, -0.25) is 0 Å². The number of hydrogen-bond acceptors (Lipinski definition) is 14. The van der Waals surface area contributed by atoms with Crippen LogP contribution in [0.1, 0.15) is 72.1 Å². The molecule has 0 aromatic carbocycles. The van der Waals surface area contributed by atoms with Crippen molar-refractivity contribution in [1.29, 1.82) is 0 Å². The highest BCUT2D eigenvalue weighted by Crippen LogP contribution is 2.69. The van der Waals surface area contributed by atoms with Crippen LogP contribution in [0.3, 0.4) is 0 Å². The van der Waals surface area contributed by atoms with E-state index in [1.54, 1.807) is 0 Å². The highest BCUT2D eigenvalue weighted by molar-refractivity contribution is 5.31. The summed E-state index contributed by atoms with van der Waals surface area (Å²) in [6.45, 7) is 9.96. The summed E-state index contributed by atoms with van der Waals surface area (Å²) in [6, 6.07) is 0. The standard InChI is InChI=1S/C39H60O14/c1-17(16-49-36-34(47)32(45)30(43)26(14-40)52-36)5-8-24-18(2)29-25(51-24)13-23-21-7-6-19-11-20(50-37-35(48)33(46)31(44)27(15-41)53-37)12-28(42)39(19,4)22(21)9-10-38(23,29)3/h6,20-23,25-37,40-48H,1,5,7-16H2,2-4H3/t20-,21?,22?,23-,25-,26+,27+,28+,29-,30+,31+,32-,33-,34+,35+,36+,37+,38-,39-/m0/s1. The summed E-state index contributed by atoms with van der Waals surface area (Å²) in [7, 11) is 0. The molecule has 53 heavy (non-hydrogen) atoms. The Bertz CT molecular complexity index is 1420. The Labute approximate surface area is 310 Å². The minimum atomic E-state index is -1.52. The molecular formula is C39H60O14. The van der Waals surface area contributed by atoms with Crippen LogP contribution in [0.15, 0.2) is 35.1 Å². The number of ether oxygens (including phenoxy) is 5. The fourth-order valence-corrected chi connectivity index (χ4v) is 11.5. The van der Waals surface area contributed by atoms with E-state index in [1.165, 1.54) is 5.57 Å². The number of rotatable bonds is 10. The molecule has 19 atom stereocenters. The van der Waals surface area contributed by atoms with Crippen molar-refractivity contribution in [1.82, 2.24) is 0 Å². The first kappa shape index (κ1) is 39.7. The highest BCUT2D eigenvalue weighted by atomic mass is 16.7. The summed E-state index contributed by atoms with van der Waals surface area (Å²) in [5, 5.41) is 92.2. The highest BCUT2D eigenvalue weighted by Gasteiger charge is 2.65. The minimum Gasteiger partial charge on any atom is -0.494 e. The summed E-state index contributed by atoms with van der Waals surface area (Å²) in [5.74, 6) is 2.40. The quantitative estimate of drug-likeness (QED) is 0.136. The molecule has 3 heterocycles. The number of aliphatic hydroxyl groups is 9. The lowest BCUT2D eigenvalue weighted by Crippen LogP contribution is -2.60. The first-order valence-electron chi connectivity index (χ1n) is 19.4. The molecule has 7 aliphatic rings. The zero-order valence-corrected chi connectivity index (χ0v) is 30.9. The molecule has 5 fully saturated rings. The van der Waals surface area contributed by atoms with E-state index < -0.39 is 92.2 Å². The third-order valence-electron chi connectivity index (χ3n) is 14.5.